The van der Waals surface area contributed by atoms with E-state index in [-0.39, 0.29) is 0 Å². The van der Waals surface area contributed by atoms with E-state index in [1.54, 1.807) is 7.11 Å². The van der Waals surface area contributed by atoms with Crippen LogP contribution >= 0.6 is 0 Å². The molecule has 142 valence electrons. The Morgan fingerprint density at radius 2 is 1.81 bits per heavy atom. The summed E-state index contributed by atoms with van der Waals surface area (Å²) >= 11 is 0. The molecule has 0 saturated heterocycles. The molecular weight excluding hydrogens is 336 g/mol. The highest BCUT2D eigenvalue weighted by Gasteiger charge is 2.31. The maximum absolute atomic E-state index is 5.98. The number of benzene rings is 2. The average molecular weight is 364 g/mol. The largest absolute Gasteiger partial charge is 0.497 e. The van der Waals surface area contributed by atoms with E-state index in [0.717, 1.165) is 24.5 Å². The predicted molar refractivity (Wildman–Crippen MR) is 110 cm³/mol. The summed E-state index contributed by atoms with van der Waals surface area (Å²) in [5.74, 6) is 1.84. The Morgan fingerprint density at radius 3 is 2.56 bits per heavy atom. The fourth-order valence-corrected chi connectivity index (χ4v) is 4.26. The number of fused-ring (bicyclic) bond motifs is 3. The van der Waals surface area contributed by atoms with Crippen LogP contribution in [0.25, 0.3) is 10.9 Å². The smallest absolute Gasteiger partial charge is 0.119 e. The highest BCUT2D eigenvalue weighted by molar-refractivity contribution is 5.87. The normalized spacial score (nSPS) is 19.9. The third kappa shape index (κ3) is 3.19. The third-order valence-electron chi connectivity index (χ3n) is 5.96. The van der Waals surface area contributed by atoms with Crippen LogP contribution in [0.3, 0.4) is 0 Å². The van der Waals surface area contributed by atoms with Crippen LogP contribution in [0, 0.1) is 0 Å². The number of hydrogen-bond donors (Lipinski definition) is 0. The molecular formula is C23H28N2O2. The zero-order valence-corrected chi connectivity index (χ0v) is 16.6. The summed E-state index contributed by atoms with van der Waals surface area (Å²) < 4.78 is 13.9. The van der Waals surface area contributed by atoms with Crippen molar-refractivity contribution in [3.05, 3.63) is 59.8 Å². The Labute approximate surface area is 161 Å². The number of nitrogens with zero attached hydrogens (tertiary/aromatic N) is 2. The van der Waals surface area contributed by atoms with Crippen molar-refractivity contribution < 1.29 is 9.47 Å². The lowest BCUT2D eigenvalue weighted by molar-refractivity contribution is 0.176. The molecule has 4 heteroatoms. The molecule has 4 rings (SSSR count). The minimum Gasteiger partial charge on any atom is -0.497 e. The van der Waals surface area contributed by atoms with Crippen molar-refractivity contribution in [2.75, 3.05) is 20.8 Å². The molecule has 0 radical (unpaired) electrons. The molecule has 0 amide bonds. The first-order chi connectivity index (χ1) is 13.1. The lowest BCUT2D eigenvalue weighted by Crippen LogP contribution is -2.38. The zero-order chi connectivity index (χ0) is 19.0. The highest BCUT2D eigenvalue weighted by Crippen LogP contribution is 2.40. The molecule has 0 saturated carbocycles. The van der Waals surface area contributed by atoms with Crippen LogP contribution in [0.2, 0.25) is 0 Å². The quantitative estimate of drug-likeness (QED) is 0.658. The lowest BCUT2D eigenvalue weighted by atomic mass is 9.93. The van der Waals surface area contributed by atoms with Crippen LogP contribution in [-0.2, 0) is 13.0 Å². The van der Waals surface area contributed by atoms with Gasteiger partial charge >= 0.3 is 0 Å². The Bertz CT molecular complexity index is 932. The summed E-state index contributed by atoms with van der Waals surface area (Å²) in [7, 11) is 3.95. The molecule has 2 aromatic carbocycles. The number of ether oxygens (including phenoxy) is 2. The highest BCUT2D eigenvalue weighted by atomic mass is 16.5. The topological polar surface area (TPSA) is 26.6 Å². The number of rotatable bonds is 5. The van der Waals surface area contributed by atoms with Gasteiger partial charge in [-0.25, -0.2) is 0 Å². The van der Waals surface area contributed by atoms with Crippen molar-refractivity contribution in [2.24, 2.45) is 0 Å². The van der Waals surface area contributed by atoms with E-state index >= 15 is 0 Å². The fraction of sp³-hybridized carbons (Fsp3) is 0.391. The van der Waals surface area contributed by atoms with Gasteiger partial charge in [-0.1, -0.05) is 18.2 Å². The number of methoxy groups -OCH3 is 1. The molecule has 3 aromatic rings. The molecule has 2 unspecified atom stereocenters. The predicted octanol–water partition coefficient (Wildman–Crippen LogP) is 4.67. The minimum absolute atomic E-state index is 0.384. The maximum atomic E-state index is 5.98. The summed E-state index contributed by atoms with van der Waals surface area (Å²) in [4.78, 5) is 2.46. The molecule has 1 aliphatic heterocycles. The summed E-state index contributed by atoms with van der Waals surface area (Å²) in [6, 6.07) is 17.4. The van der Waals surface area contributed by atoms with Gasteiger partial charge in [0.25, 0.3) is 0 Å². The van der Waals surface area contributed by atoms with Gasteiger partial charge in [0.1, 0.15) is 18.1 Å². The number of aromatic nitrogens is 1. The van der Waals surface area contributed by atoms with Gasteiger partial charge in [-0.05, 0) is 56.8 Å². The fourth-order valence-electron chi connectivity index (χ4n) is 4.26. The first-order valence-corrected chi connectivity index (χ1v) is 9.69. The first kappa shape index (κ1) is 17.9. The van der Waals surface area contributed by atoms with Gasteiger partial charge in [-0.2, -0.15) is 0 Å². The molecule has 0 fully saturated rings. The monoisotopic (exact) mass is 364 g/mol. The van der Waals surface area contributed by atoms with Gasteiger partial charge < -0.3 is 14.0 Å². The average Bonchev–Trinajstić information content (AvgIpc) is 2.99. The molecule has 1 aromatic heterocycles. The van der Waals surface area contributed by atoms with Crippen LogP contribution in [0.15, 0.2) is 48.5 Å². The van der Waals surface area contributed by atoms with E-state index in [1.807, 2.05) is 30.3 Å². The van der Waals surface area contributed by atoms with Gasteiger partial charge in [0.15, 0.2) is 0 Å². The molecule has 2 heterocycles. The van der Waals surface area contributed by atoms with Crippen LogP contribution in [0.1, 0.15) is 31.1 Å². The van der Waals surface area contributed by atoms with Gasteiger partial charge in [0.2, 0.25) is 0 Å². The van der Waals surface area contributed by atoms with E-state index in [1.165, 1.54) is 22.2 Å². The van der Waals surface area contributed by atoms with Gasteiger partial charge in [-0.3, -0.25) is 4.90 Å². The second-order valence-electron chi connectivity index (χ2n) is 7.45. The summed E-state index contributed by atoms with van der Waals surface area (Å²) in [6.45, 7) is 6.11. The Morgan fingerprint density at radius 1 is 1.04 bits per heavy atom. The Hall–Kier alpha value is -2.46. The molecule has 0 spiro atoms. The maximum Gasteiger partial charge on any atom is 0.119 e. The second kappa shape index (κ2) is 7.28. The summed E-state index contributed by atoms with van der Waals surface area (Å²) in [5, 5.41) is 1.30. The van der Waals surface area contributed by atoms with Crippen molar-refractivity contribution in [3.8, 4) is 11.5 Å². The van der Waals surface area contributed by atoms with Crippen molar-refractivity contribution in [2.45, 2.75) is 38.9 Å². The van der Waals surface area contributed by atoms with Crippen LogP contribution in [0.5, 0.6) is 11.5 Å². The van der Waals surface area contributed by atoms with E-state index in [9.17, 15) is 0 Å². The van der Waals surface area contributed by atoms with Crippen molar-refractivity contribution in [1.82, 2.24) is 9.47 Å². The van der Waals surface area contributed by atoms with Crippen molar-refractivity contribution in [1.29, 1.82) is 0 Å². The molecule has 4 nitrogen and oxygen atoms in total. The molecule has 0 aliphatic carbocycles. The number of para-hydroxylation sites is 1. The second-order valence-corrected chi connectivity index (χ2v) is 7.45. The Kier molecular flexibility index (Phi) is 4.83. The first-order valence-electron chi connectivity index (χ1n) is 9.69. The van der Waals surface area contributed by atoms with Gasteiger partial charge in [-0.15, -0.1) is 0 Å². The van der Waals surface area contributed by atoms with Gasteiger partial charge in [0, 0.05) is 35.1 Å². The SMILES string of the molecule is COc1ccc2c(c1)c1c(n2CCOc2ccccc2)CC(C)N(C)C1C. The van der Waals surface area contributed by atoms with Gasteiger partial charge in [0.05, 0.1) is 13.7 Å². The third-order valence-corrected chi connectivity index (χ3v) is 5.96. The molecule has 0 bridgehead atoms. The van der Waals surface area contributed by atoms with E-state index < -0.39 is 0 Å². The van der Waals surface area contributed by atoms with E-state index in [0.29, 0.717) is 18.7 Å². The number of hydrogen-bond acceptors (Lipinski definition) is 3. The van der Waals surface area contributed by atoms with Crippen LogP contribution < -0.4 is 9.47 Å². The zero-order valence-electron chi connectivity index (χ0n) is 16.6. The minimum atomic E-state index is 0.384. The molecule has 0 N–H and O–H groups in total. The summed E-state index contributed by atoms with van der Waals surface area (Å²) in [6.07, 6.45) is 1.05. The molecule has 1 aliphatic rings. The number of likely N-dealkylation sites (N-methyl/N-ethyl adjacent to an activating group) is 1. The molecule has 2 atom stereocenters. The van der Waals surface area contributed by atoms with E-state index in [4.69, 9.17) is 9.47 Å². The van der Waals surface area contributed by atoms with Crippen LogP contribution in [-0.4, -0.2) is 36.3 Å². The van der Waals surface area contributed by atoms with Crippen LogP contribution in [0.4, 0.5) is 0 Å². The molecule has 27 heavy (non-hydrogen) atoms. The van der Waals surface area contributed by atoms with Crippen molar-refractivity contribution in [3.63, 3.8) is 0 Å². The van der Waals surface area contributed by atoms with E-state index in [2.05, 4.69) is 48.6 Å². The van der Waals surface area contributed by atoms with Crippen molar-refractivity contribution >= 4 is 10.9 Å². The summed E-state index contributed by atoms with van der Waals surface area (Å²) in [5.41, 5.74) is 4.14. The standard InChI is InChI=1S/C23H28N2O2/c1-16-14-22-23(17(2)24(16)3)20-15-19(26-4)10-11-21(20)25(22)12-13-27-18-8-6-5-7-9-18/h5-11,15-17H,12-14H2,1-4H3. The Balaban J connectivity index is 1.72. The lowest BCUT2D eigenvalue weighted by Gasteiger charge is -2.36.